The van der Waals surface area contributed by atoms with Gasteiger partial charge in [-0.25, -0.2) is 18.0 Å². The second-order valence-corrected chi connectivity index (χ2v) is 9.65. The number of nitriles is 1. The minimum Gasteiger partial charge on any atom is -0.465 e. The average molecular weight is 493 g/mol. The maximum atomic E-state index is 15.4. The van der Waals surface area contributed by atoms with E-state index in [1.807, 2.05) is 30.3 Å². The normalized spacial score (nSPS) is 16.4. The lowest BCUT2D eigenvalue weighted by Gasteiger charge is -2.46. The average Bonchev–Trinajstić information content (AvgIpc) is 2.81. The Morgan fingerprint density at radius 2 is 1.75 bits per heavy atom. The Labute approximate surface area is 208 Å². The molecular formula is C29H27F3N2O2. The molecule has 0 aromatic heterocycles. The van der Waals surface area contributed by atoms with Crippen LogP contribution in [0.2, 0.25) is 0 Å². The van der Waals surface area contributed by atoms with E-state index in [1.54, 1.807) is 18.2 Å². The van der Waals surface area contributed by atoms with E-state index in [9.17, 15) is 18.8 Å². The summed E-state index contributed by atoms with van der Waals surface area (Å²) in [6.45, 7) is 2.71. The largest absolute Gasteiger partial charge is 0.465 e. The highest BCUT2D eigenvalue weighted by atomic mass is 19.1. The van der Waals surface area contributed by atoms with Crippen LogP contribution in [0.5, 0.6) is 0 Å². The summed E-state index contributed by atoms with van der Waals surface area (Å²) in [4.78, 5) is 14.0. The van der Waals surface area contributed by atoms with Crippen molar-refractivity contribution in [1.29, 1.82) is 5.26 Å². The van der Waals surface area contributed by atoms with Gasteiger partial charge in [0.2, 0.25) is 0 Å². The molecule has 3 aromatic carbocycles. The van der Waals surface area contributed by atoms with Crippen LogP contribution in [0.4, 0.5) is 13.2 Å². The molecule has 4 rings (SSSR count). The van der Waals surface area contributed by atoms with Crippen LogP contribution in [0.15, 0.2) is 66.7 Å². The summed E-state index contributed by atoms with van der Waals surface area (Å²) >= 11 is 0. The smallest absolute Gasteiger partial charge is 0.337 e. The molecule has 0 spiro atoms. The Hall–Kier alpha value is -3.63. The van der Waals surface area contributed by atoms with E-state index in [4.69, 9.17) is 4.74 Å². The molecule has 36 heavy (non-hydrogen) atoms. The number of rotatable bonds is 8. The van der Waals surface area contributed by atoms with Crippen molar-refractivity contribution in [3.8, 4) is 6.07 Å². The van der Waals surface area contributed by atoms with Crippen molar-refractivity contribution in [2.24, 2.45) is 5.92 Å². The van der Waals surface area contributed by atoms with Crippen LogP contribution in [-0.4, -0.2) is 36.7 Å². The molecule has 2 atom stereocenters. The minimum absolute atomic E-state index is 0.0643. The maximum Gasteiger partial charge on any atom is 0.337 e. The molecule has 3 aromatic rings. The fourth-order valence-corrected chi connectivity index (χ4v) is 5.07. The zero-order chi connectivity index (χ0) is 25.9. The van der Waals surface area contributed by atoms with Crippen molar-refractivity contribution in [3.63, 3.8) is 0 Å². The number of carbonyl (C=O) groups excluding carboxylic acids is 1. The van der Waals surface area contributed by atoms with Gasteiger partial charge in [0, 0.05) is 25.6 Å². The molecule has 0 aliphatic carbocycles. The lowest BCUT2D eigenvalue weighted by Crippen LogP contribution is -2.50. The van der Waals surface area contributed by atoms with E-state index in [0.717, 1.165) is 17.2 Å². The Kier molecular flexibility index (Phi) is 7.46. The van der Waals surface area contributed by atoms with E-state index >= 15 is 4.39 Å². The van der Waals surface area contributed by atoms with E-state index in [-0.39, 0.29) is 24.8 Å². The lowest BCUT2D eigenvalue weighted by atomic mass is 9.82. The van der Waals surface area contributed by atoms with Crippen LogP contribution in [0.1, 0.15) is 52.0 Å². The predicted octanol–water partition coefficient (Wildman–Crippen LogP) is 6.01. The van der Waals surface area contributed by atoms with Crippen LogP contribution in [0.25, 0.3) is 0 Å². The number of methoxy groups -OCH3 is 1. The molecule has 0 amide bonds. The molecule has 1 aliphatic rings. The number of esters is 1. The highest BCUT2D eigenvalue weighted by Crippen LogP contribution is 2.38. The van der Waals surface area contributed by atoms with E-state index in [1.165, 1.54) is 26.2 Å². The van der Waals surface area contributed by atoms with Crippen LogP contribution >= 0.6 is 0 Å². The van der Waals surface area contributed by atoms with Crippen molar-refractivity contribution in [1.82, 2.24) is 4.90 Å². The van der Waals surface area contributed by atoms with Crippen LogP contribution in [-0.2, 0) is 11.2 Å². The summed E-state index contributed by atoms with van der Waals surface area (Å²) in [7, 11) is 1.33. The second-order valence-electron chi connectivity index (χ2n) is 9.65. The second kappa shape index (κ2) is 10.5. The SMILES string of the molecule is COC(=O)c1ccc(C(c2cccc(C#N)c2)N2CC(CC(C)(F)Cc3cc(F)cc(F)c3)C2)cc1. The molecule has 0 radical (unpaired) electrons. The van der Waals surface area contributed by atoms with Crippen molar-refractivity contribution in [2.45, 2.75) is 31.5 Å². The fraction of sp³-hybridized carbons (Fsp3) is 0.310. The molecule has 0 N–H and O–H groups in total. The highest BCUT2D eigenvalue weighted by Gasteiger charge is 2.38. The summed E-state index contributed by atoms with van der Waals surface area (Å²) in [6, 6.07) is 19.6. The quantitative estimate of drug-likeness (QED) is 0.362. The van der Waals surface area contributed by atoms with Crippen molar-refractivity contribution in [2.75, 3.05) is 20.2 Å². The number of carbonyl (C=O) groups is 1. The molecule has 2 unspecified atom stereocenters. The topological polar surface area (TPSA) is 53.3 Å². The van der Waals surface area contributed by atoms with Gasteiger partial charge in [0.25, 0.3) is 0 Å². The number of alkyl halides is 1. The van der Waals surface area contributed by atoms with Crippen LogP contribution in [0, 0.1) is 28.9 Å². The molecule has 1 heterocycles. The Bertz CT molecular complexity index is 1260. The van der Waals surface area contributed by atoms with Crippen molar-refractivity contribution < 1.29 is 22.7 Å². The lowest BCUT2D eigenvalue weighted by molar-refractivity contribution is 0.0237. The van der Waals surface area contributed by atoms with E-state index < -0.39 is 23.3 Å². The number of nitrogens with zero attached hydrogens (tertiary/aromatic N) is 2. The molecule has 0 saturated carbocycles. The standard InChI is InChI=1S/C29H27F3N2O2/c1-29(32,14-20-11-25(30)13-26(31)12-20)15-21-17-34(18-21)27(24-5-3-4-19(10-24)16-33)22-6-8-23(9-7-22)28(35)36-2/h3-13,21,27H,14-15,17-18H2,1-2H3. The van der Waals surface area contributed by atoms with Crippen molar-refractivity contribution in [3.05, 3.63) is 106 Å². The highest BCUT2D eigenvalue weighted by molar-refractivity contribution is 5.89. The summed E-state index contributed by atoms with van der Waals surface area (Å²) in [5, 5.41) is 9.37. The first kappa shape index (κ1) is 25.5. The maximum absolute atomic E-state index is 15.4. The van der Waals surface area contributed by atoms with Gasteiger partial charge in [-0.3, -0.25) is 4.90 Å². The summed E-state index contributed by atoms with van der Waals surface area (Å²) < 4.78 is 47.2. The molecule has 4 nitrogen and oxygen atoms in total. The first-order valence-corrected chi connectivity index (χ1v) is 11.7. The number of hydrogen-bond donors (Lipinski definition) is 0. The Morgan fingerprint density at radius 1 is 1.08 bits per heavy atom. The number of halogens is 3. The first-order valence-electron chi connectivity index (χ1n) is 11.7. The van der Waals surface area contributed by atoms with Crippen LogP contribution < -0.4 is 0 Å². The number of hydrogen-bond acceptors (Lipinski definition) is 4. The molecule has 0 bridgehead atoms. The van der Waals surface area contributed by atoms with E-state index in [2.05, 4.69) is 11.0 Å². The molecule has 7 heteroatoms. The van der Waals surface area contributed by atoms with Crippen molar-refractivity contribution >= 4 is 5.97 Å². The number of benzene rings is 3. The minimum atomic E-state index is -1.62. The molecule has 1 aliphatic heterocycles. The van der Waals surface area contributed by atoms with Gasteiger partial charge in [-0.2, -0.15) is 5.26 Å². The third kappa shape index (κ3) is 5.95. The molecule has 186 valence electrons. The van der Waals surface area contributed by atoms with Gasteiger partial charge in [0.1, 0.15) is 17.3 Å². The Balaban J connectivity index is 1.50. The summed E-state index contributed by atoms with van der Waals surface area (Å²) in [5.41, 5.74) is 1.53. The summed E-state index contributed by atoms with van der Waals surface area (Å²) in [6.07, 6.45) is 0.189. The third-order valence-electron chi connectivity index (χ3n) is 6.54. The molecule has 1 fully saturated rings. The zero-order valence-electron chi connectivity index (χ0n) is 20.2. The monoisotopic (exact) mass is 492 g/mol. The summed E-state index contributed by atoms with van der Waals surface area (Å²) in [5.74, 6) is -1.78. The van der Waals surface area contributed by atoms with Crippen LogP contribution in [0.3, 0.4) is 0 Å². The van der Waals surface area contributed by atoms with Gasteiger partial charge >= 0.3 is 5.97 Å². The van der Waals surface area contributed by atoms with Gasteiger partial charge < -0.3 is 4.74 Å². The predicted molar refractivity (Wildman–Crippen MR) is 130 cm³/mol. The molecular weight excluding hydrogens is 465 g/mol. The fourth-order valence-electron chi connectivity index (χ4n) is 5.07. The van der Waals surface area contributed by atoms with E-state index in [0.29, 0.717) is 29.8 Å². The zero-order valence-corrected chi connectivity index (χ0v) is 20.2. The number of ether oxygens (including phenoxy) is 1. The van der Waals surface area contributed by atoms with Gasteiger partial charge in [0.15, 0.2) is 0 Å². The van der Waals surface area contributed by atoms with Gasteiger partial charge in [-0.05, 0) is 72.4 Å². The van der Waals surface area contributed by atoms with Gasteiger partial charge in [-0.15, -0.1) is 0 Å². The third-order valence-corrected chi connectivity index (χ3v) is 6.54. The first-order chi connectivity index (χ1) is 17.2. The molecule has 1 saturated heterocycles. The number of likely N-dealkylation sites (tertiary alicyclic amines) is 1. The Morgan fingerprint density at radius 3 is 2.36 bits per heavy atom. The van der Waals surface area contributed by atoms with Gasteiger partial charge in [0.05, 0.1) is 30.3 Å². The van der Waals surface area contributed by atoms with Gasteiger partial charge in [-0.1, -0.05) is 24.3 Å².